The van der Waals surface area contributed by atoms with Crippen LogP contribution in [-0.4, -0.2) is 26.8 Å². The van der Waals surface area contributed by atoms with Crippen LogP contribution < -0.4 is 9.46 Å². The number of alkyl halides is 3. The number of halogens is 3. The molecule has 2 aromatic rings. The molecule has 0 aliphatic heterocycles. The van der Waals surface area contributed by atoms with E-state index in [1.54, 1.807) is 18.2 Å². The lowest BCUT2D eigenvalue weighted by Gasteiger charge is -2.13. The van der Waals surface area contributed by atoms with Crippen molar-refractivity contribution in [2.24, 2.45) is 0 Å². The number of carbonyl (C=O) groups is 1. The second-order valence-electron chi connectivity index (χ2n) is 4.70. The number of sulfonamides is 1. The summed E-state index contributed by atoms with van der Waals surface area (Å²) >= 11 is 0. The highest BCUT2D eigenvalue weighted by atomic mass is 32.2. The number of ketones is 1. The van der Waals surface area contributed by atoms with Gasteiger partial charge in [-0.25, -0.2) is 0 Å². The Hall–Kier alpha value is -2.55. The monoisotopic (exact) mass is 359 g/mol. The average molecular weight is 359 g/mol. The predicted molar refractivity (Wildman–Crippen MR) is 81.5 cm³/mol. The van der Waals surface area contributed by atoms with E-state index in [-0.39, 0.29) is 11.3 Å². The van der Waals surface area contributed by atoms with Crippen LogP contribution in [0.15, 0.2) is 48.5 Å². The van der Waals surface area contributed by atoms with Crippen molar-refractivity contribution in [3.8, 4) is 5.75 Å². The Bertz CT molecular complexity index is 849. The van der Waals surface area contributed by atoms with Gasteiger partial charge < -0.3 is 4.74 Å². The minimum absolute atomic E-state index is 0.0135. The van der Waals surface area contributed by atoms with E-state index in [9.17, 15) is 26.4 Å². The molecule has 24 heavy (non-hydrogen) atoms. The summed E-state index contributed by atoms with van der Waals surface area (Å²) in [5.74, 6) is -0.446. The van der Waals surface area contributed by atoms with E-state index in [0.29, 0.717) is 5.56 Å². The van der Waals surface area contributed by atoms with Gasteiger partial charge in [-0.1, -0.05) is 30.3 Å². The maximum Gasteiger partial charge on any atom is 0.516 e. The molecule has 0 fully saturated rings. The fourth-order valence-corrected chi connectivity index (χ4v) is 2.42. The highest BCUT2D eigenvalue weighted by Gasteiger charge is 2.46. The van der Waals surface area contributed by atoms with E-state index in [1.807, 2.05) is 0 Å². The molecule has 1 N–H and O–H groups in total. The van der Waals surface area contributed by atoms with Crippen molar-refractivity contribution < 1.29 is 31.1 Å². The van der Waals surface area contributed by atoms with Crippen LogP contribution in [0.2, 0.25) is 0 Å². The molecular weight excluding hydrogens is 347 g/mol. The Labute approximate surface area is 136 Å². The first kappa shape index (κ1) is 17.8. The van der Waals surface area contributed by atoms with Gasteiger partial charge in [0.15, 0.2) is 5.78 Å². The molecule has 0 aliphatic rings. The Morgan fingerprint density at radius 3 is 2.21 bits per heavy atom. The summed E-state index contributed by atoms with van der Waals surface area (Å²) in [6, 6.07) is 11.4. The summed E-state index contributed by atoms with van der Waals surface area (Å²) in [5.41, 5.74) is -5.61. The first-order valence-corrected chi connectivity index (χ1v) is 8.00. The van der Waals surface area contributed by atoms with Gasteiger partial charge in [-0.3, -0.25) is 9.52 Å². The van der Waals surface area contributed by atoms with E-state index in [0.717, 1.165) is 12.1 Å². The van der Waals surface area contributed by atoms with E-state index in [1.165, 1.54) is 30.0 Å². The molecule has 0 atom stereocenters. The molecule has 2 aromatic carbocycles. The van der Waals surface area contributed by atoms with Gasteiger partial charge in [-0.05, 0) is 12.1 Å². The molecule has 0 amide bonds. The topological polar surface area (TPSA) is 72.5 Å². The summed E-state index contributed by atoms with van der Waals surface area (Å²) < 4.78 is 66.2. The van der Waals surface area contributed by atoms with Crippen molar-refractivity contribution in [3.63, 3.8) is 0 Å². The maximum atomic E-state index is 12.5. The third kappa shape index (κ3) is 3.85. The summed E-state index contributed by atoms with van der Waals surface area (Å²) in [6.07, 6.45) is 0. The molecule has 0 radical (unpaired) electrons. The number of nitrogens with one attached hydrogen (secondary N) is 1. The largest absolute Gasteiger partial charge is 0.516 e. The third-order valence-corrected chi connectivity index (χ3v) is 4.11. The van der Waals surface area contributed by atoms with Crippen molar-refractivity contribution in [2.45, 2.75) is 5.51 Å². The molecule has 128 valence electrons. The van der Waals surface area contributed by atoms with Crippen LogP contribution in [0.25, 0.3) is 0 Å². The number of carbonyl (C=O) groups excluding carboxylic acids is 1. The van der Waals surface area contributed by atoms with Gasteiger partial charge in [0.05, 0.1) is 12.8 Å². The van der Waals surface area contributed by atoms with E-state index in [2.05, 4.69) is 0 Å². The van der Waals surface area contributed by atoms with Crippen LogP contribution in [0.5, 0.6) is 5.75 Å². The molecule has 0 aromatic heterocycles. The SMILES string of the molecule is COc1cc(NS(=O)(=O)C(F)(F)F)cc(C(=O)c2ccccc2)c1. The first-order chi connectivity index (χ1) is 11.1. The molecule has 0 aliphatic carbocycles. The number of methoxy groups -OCH3 is 1. The summed E-state index contributed by atoms with van der Waals surface area (Å²) in [4.78, 5) is 12.4. The molecule has 0 spiro atoms. The Kier molecular flexibility index (Phi) is 4.83. The standard InChI is InChI=1S/C15H12F3NO4S/c1-23-13-8-11(14(20)10-5-3-2-4-6-10)7-12(9-13)19-24(21,22)15(16,17)18/h2-9,19H,1H3. The number of benzene rings is 2. The van der Waals surface area contributed by atoms with Gasteiger partial charge >= 0.3 is 15.5 Å². The Morgan fingerprint density at radius 1 is 1.04 bits per heavy atom. The molecule has 9 heteroatoms. The van der Waals surface area contributed by atoms with Crippen LogP contribution in [-0.2, 0) is 10.0 Å². The zero-order chi connectivity index (χ0) is 18.0. The van der Waals surface area contributed by atoms with Crippen LogP contribution in [0.3, 0.4) is 0 Å². The minimum atomic E-state index is -5.60. The Balaban J connectivity index is 2.44. The van der Waals surface area contributed by atoms with Gasteiger partial charge in [-0.2, -0.15) is 21.6 Å². The van der Waals surface area contributed by atoms with Crippen LogP contribution in [0, 0.1) is 0 Å². The van der Waals surface area contributed by atoms with Gasteiger partial charge in [0.2, 0.25) is 0 Å². The second kappa shape index (κ2) is 6.52. The molecule has 0 unspecified atom stereocenters. The molecule has 2 rings (SSSR count). The number of hydrogen-bond acceptors (Lipinski definition) is 4. The van der Waals surface area contributed by atoms with Crippen molar-refractivity contribution in [1.82, 2.24) is 0 Å². The lowest BCUT2D eigenvalue weighted by atomic mass is 10.0. The number of rotatable bonds is 5. The van der Waals surface area contributed by atoms with E-state index < -0.39 is 27.0 Å². The lowest BCUT2D eigenvalue weighted by molar-refractivity contribution is -0.0429. The average Bonchev–Trinajstić information content (AvgIpc) is 2.53. The third-order valence-electron chi connectivity index (χ3n) is 3.00. The Morgan fingerprint density at radius 2 is 1.67 bits per heavy atom. The first-order valence-electron chi connectivity index (χ1n) is 6.52. The predicted octanol–water partition coefficient (Wildman–Crippen LogP) is 3.19. The molecule has 0 saturated heterocycles. The fraction of sp³-hybridized carbons (Fsp3) is 0.133. The van der Waals surface area contributed by atoms with Gasteiger partial charge in [0, 0.05) is 17.2 Å². The smallest absolute Gasteiger partial charge is 0.497 e. The molecule has 5 nitrogen and oxygen atoms in total. The quantitative estimate of drug-likeness (QED) is 0.832. The van der Waals surface area contributed by atoms with Crippen molar-refractivity contribution in [2.75, 3.05) is 11.8 Å². The molecular formula is C15H12F3NO4S. The number of ether oxygens (including phenoxy) is 1. The molecule has 0 heterocycles. The zero-order valence-corrected chi connectivity index (χ0v) is 13.1. The van der Waals surface area contributed by atoms with Crippen molar-refractivity contribution in [3.05, 3.63) is 59.7 Å². The van der Waals surface area contributed by atoms with Gasteiger partial charge in [-0.15, -0.1) is 0 Å². The van der Waals surface area contributed by atoms with Gasteiger partial charge in [0.1, 0.15) is 5.75 Å². The number of hydrogen-bond donors (Lipinski definition) is 1. The summed E-state index contributed by atoms with van der Waals surface area (Å²) in [5, 5.41) is 0. The van der Waals surface area contributed by atoms with E-state index >= 15 is 0 Å². The summed E-state index contributed by atoms with van der Waals surface area (Å²) in [7, 11) is -4.36. The van der Waals surface area contributed by atoms with Crippen LogP contribution in [0.4, 0.5) is 18.9 Å². The van der Waals surface area contributed by atoms with Crippen LogP contribution in [0.1, 0.15) is 15.9 Å². The highest BCUT2D eigenvalue weighted by Crippen LogP contribution is 2.28. The molecule has 0 bridgehead atoms. The maximum absolute atomic E-state index is 12.5. The zero-order valence-electron chi connectivity index (χ0n) is 12.3. The second-order valence-corrected chi connectivity index (χ2v) is 6.37. The van der Waals surface area contributed by atoms with E-state index in [4.69, 9.17) is 4.74 Å². The minimum Gasteiger partial charge on any atom is -0.497 e. The number of anilines is 1. The van der Waals surface area contributed by atoms with Gasteiger partial charge in [0.25, 0.3) is 0 Å². The molecule has 0 saturated carbocycles. The highest BCUT2D eigenvalue weighted by molar-refractivity contribution is 7.93. The van der Waals surface area contributed by atoms with Crippen molar-refractivity contribution >= 4 is 21.5 Å². The van der Waals surface area contributed by atoms with Crippen molar-refractivity contribution in [1.29, 1.82) is 0 Å². The normalized spacial score (nSPS) is 11.8. The summed E-state index contributed by atoms with van der Waals surface area (Å²) in [6.45, 7) is 0. The lowest BCUT2D eigenvalue weighted by Crippen LogP contribution is -2.30. The fourth-order valence-electron chi connectivity index (χ4n) is 1.88. The van der Waals surface area contributed by atoms with Crippen LogP contribution >= 0.6 is 0 Å².